The van der Waals surface area contributed by atoms with Crippen molar-refractivity contribution < 1.29 is 4.79 Å². The number of benzene rings is 1. The number of hydrazone groups is 1. The van der Waals surface area contributed by atoms with Gasteiger partial charge in [-0.3, -0.25) is 10.2 Å². The lowest BCUT2D eigenvalue weighted by molar-refractivity contribution is -0.123. The maximum absolute atomic E-state index is 11.4. The van der Waals surface area contributed by atoms with Gasteiger partial charge in [-0.25, -0.2) is 5.43 Å². The lowest BCUT2D eigenvalue weighted by atomic mass is 10.2. The highest BCUT2D eigenvalue weighted by molar-refractivity contribution is 9.10. The first-order valence-corrected chi connectivity index (χ1v) is 6.86. The number of hydrogen-bond donors (Lipinski definition) is 3. The predicted molar refractivity (Wildman–Crippen MR) is 79.8 cm³/mol. The molecule has 1 aliphatic heterocycles. The van der Waals surface area contributed by atoms with E-state index in [0.29, 0.717) is 6.54 Å². The van der Waals surface area contributed by atoms with Crippen molar-refractivity contribution in [2.45, 2.75) is 10.9 Å². The molecule has 0 saturated carbocycles. The van der Waals surface area contributed by atoms with Crippen LogP contribution in [-0.2, 0) is 4.79 Å². The van der Waals surface area contributed by atoms with Crippen molar-refractivity contribution in [3.8, 4) is 0 Å². The number of amides is 1. The Labute approximate surface area is 120 Å². The van der Waals surface area contributed by atoms with E-state index in [0.717, 1.165) is 5.56 Å². The third kappa shape index (κ3) is 4.18. The first kappa shape index (κ1) is 13.8. The minimum absolute atomic E-state index is 0.0740. The summed E-state index contributed by atoms with van der Waals surface area (Å²) in [6, 6.07) is 9.90. The molecular weight excluding hydrogens is 308 g/mol. The molecule has 0 radical (unpaired) electrons. The normalized spacial score (nSPS) is 23.7. The molecule has 0 aromatic heterocycles. The van der Waals surface area contributed by atoms with Gasteiger partial charge in [0, 0.05) is 12.8 Å². The van der Waals surface area contributed by atoms with Gasteiger partial charge in [-0.1, -0.05) is 52.3 Å². The molecule has 1 heterocycles. The minimum atomic E-state index is -0.288. The highest BCUT2D eigenvalue weighted by Crippen LogP contribution is 2.08. The standard InChI is InChI=1S/C13H15BrN4O/c14-12-11(9-16-18-13(12)19)17-15-8-4-7-10-5-2-1-3-6-10/h1-8,11-12,16-17H,9H2,(H,18,19)/b7-4+,15-8-. The number of carbonyl (C=O) groups excluding carboxylic acids is 1. The maximum atomic E-state index is 11.4. The summed E-state index contributed by atoms with van der Waals surface area (Å²) in [5.74, 6) is -0.0984. The van der Waals surface area contributed by atoms with Crippen molar-refractivity contribution in [1.82, 2.24) is 16.3 Å². The first-order chi connectivity index (χ1) is 9.27. The Balaban J connectivity index is 1.80. The molecule has 2 rings (SSSR count). The van der Waals surface area contributed by atoms with Gasteiger partial charge in [0.15, 0.2) is 0 Å². The number of alkyl halides is 1. The zero-order chi connectivity index (χ0) is 13.5. The van der Waals surface area contributed by atoms with Crippen LogP contribution in [0.3, 0.4) is 0 Å². The number of allylic oxidation sites excluding steroid dienone is 1. The molecule has 0 spiro atoms. The van der Waals surface area contributed by atoms with Crippen molar-refractivity contribution in [3.05, 3.63) is 42.0 Å². The van der Waals surface area contributed by atoms with E-state index >= 15 is 0 Å². The molecule has 1 aromatic carbocycles. The second-order valence-electron chi connectivity index (χ2n) is 4.06. The van der Waals surface area contributed by atoms with E-state index in [1.807, 2.05) is 42.5 Å². The number of halogens is 1. The van der Waals surface area contributed by atoms with Crippen LogP contribution in [0.5, 0.6) is 0 Å². The van der Waals surface area contributed by atoms with E-state index in [1.165, 1.54) is 0 Å². The zero-order valence-corrected chi connectivity index (χ0v) is 11.8. The molecule has 6 heteroatoms. The Morgan fingerprint density at radius 2 is 2.16 bits per heavy atom. The van der Waals surface area contributed by atoms with Crippen LogP contribution in [0.2, 0.25) is 0 Å². The van der Waals surface area contributed by atoms with Gasteiger partial charge in [0.05, 0.1) is 6.04 Å². The number of hydrogen-bond acceptors (Lipinski definition) is 4. The van der Waals surface area contributed by atoms with Crippen LogP contribution in [0, 0.1) is 0 Å². The molecule has 1 saturated heterocycles. The van der Waals surface area contributed by atoms with Crippen LogP contribution in [-0.4, -0.2) is 29.5 Å². The molecule has 3 N–H and O–H groups in total. The summed E-state index contributed by atoms with van der Waals surface area (Å²) in [5, 5.41) is 4.08. The van der Waals surface area contributed by atoms with Crippen molar-refractivity contribution in [2.75, 3.05) is 6.54 Å². The predicted octanol–water partition coefficient (Wildman–Crippen LogP) is 1.04. The minimum Gasteiger partial charge on any atom is -0.304 e. The molecule has 5 nitrogen and oxygen atoms in total. The molecule has 100 valence electrons. The summed E-state index contributed by atoms with van der Waals surface area (Å²) in [4.78, 5) is 11.1. The number of carbonyl (C=O) groups is 1. The lowest BCUT2D eigenvalue weighted by Gasteiger charge is -2.27. The van der Waals surface area contributed by atoms with Crippen molar-refractivity contribution in [1.29, 1.82) is 0 Å². The zero-order valence-electron chi connectivity index (χ0n) is 10.2. The summed E-state index contributed by atoms with van der Waals surface area (Å²) >= 11 is 3.32. The van der Waals surface area contributed by atoms with Crippen molar-refractivity contribution >= 4 is 34.1 Å². The molecule has 2 atom stereocenters. The summed E-state index contributed by atoms with van der Waals surface area (Å²) in [5.41, 5.74) is 9.39. The summed E-state index contributed by atoms with van der Waals surface area (Å²) in [6.07, 6.45) is 5.48. The average Bonchev–Trinajstić information content (AvgIpc) is 2.44. The molecule has 19 heavy (non-hydrogen) atoms. The van der Waals surface area contributed by atoms with Crippen LogP contribution in [0.15, 0.2) is 41.5 Å². The SMILES string of the molecule is O=C1NNCC(N/N=C\C=C\c2ccccc2)C1Br. The number of rotatable bonds is 4. The Kier molecular flexibility index (Phi) is 5.11. The monoisotopic (exact) mass is 322 g/mol. The number of hydrazine groups is 1. The summed E-state index contributed by atoms with van der Waals surface area (Å²) < 4.78 is 0. The Morgan fingerprint density at radius 1 is 1.37 bits per heavy atom. The topological polar surface area (TPSA) is 65.5 Å². The van der Waals surface area contributed by atoms with Gasteiger partial charge in [0.1, 0.15) is 4.83 Å². The summed E-state index contributed by atoms with van der Waals surface area (Å²) in [6.45, 7) is 0.612. The van der Waals surface area contributed by atoms with Gasteiger partial charge in [-0.05, 0) is 11.6 Å². The fraction of sp³-hybridized carbons (Fsp3) is 0.231. The highest BCUT2D eigenvalue weighted by Gasteiger charge is 2.29. The van der Waals surface area contributed by atoms with Crippen LogP contribution in [0.4, 0.5) is 0 Å². The van der Waals surface area contributed by atoms with Gasteiger partial charge >= 0.3 is 0 Å². The largest absolute Gasteiger partial charge is 0.304 e. The Bertz CT molecular complexity index is 475. The first-order valence-electron chi connectivity index (χ1n) is 5.94. The second kappa shape index (κ2) is 7.06. The van der Waals surface area contributed by atoms with Crippen LogP contribution in [0.25, 0.3) is 6.08 Å². The number of nitrogens with one attached hydrogen (secondary N) is 3. The van der Waals surface area contributed by atoms with E-state index in [-0.39, 0.29) is 16.8 Å². The van der Waals surface area contributed by atoms with Crippen molar-refractivity contribution in [2.24, 2.45) is 5.10 Å². The van der Waals surface area contributed by atoms with Crippen LogP contribution < -0.4 is 16.3 Å². The third-order valence-corrected chi connectivity index (χ3v) is 3.68. The lowest BCUT2D eigenvalue weighted by Crippen LogP contribution is -2.59. The molecule has 1 aromatic rings. The van der Waals surface area contributed by atoms with Crippen molar-refractivity contribution in [3.63, 3.8) is 0 Å². The molecule has 1 amide bonds. The van der Waals surface area contributed by atoms with E-state index in [1.54, 1.807) is 6.21 Å². The van der Waals surface area contributed by atoms with Crippen LogP contribution in [0.1, 0.15) is 5.56 Å². The van der Waals surface area contributed by atoms with Gasteiger partial charge < -0.3 is 5.43 Å². The maximum Gasteiger partial charge on any atom is 0.250 e. The van der Waals surface area contributed by atoms with E-state index in [4.69, 9.17) is 0 Å². The second-order valence-corrected chi connectivity index (χ2v) is 5.04. The fourth-order valence-electron chi connectivity index (χ4n) is 1.61. The van der Waals surface area contributed by atoms with Gasteiger partial charge in [-0.15, -0.1) is 0 Å². The summed E-state index contributed by atoms with van der Waals surface area (Å²) in [7, 11) is 0. The smallest absolute Gasteiger partial charge is 0.250 e. The molecule has 0 aliphatic carbocycles. The third-order valence-electron chi connectivity index (χ3n) is 2.63. The Hall–Kier alpha value is -1.66. The highest BCUT2D eigenvalue weighted by atomic mass is 79.9. The van der Waals surface area contributed by atoms with E-state index in [2.05, 4.69) is 37.3 Å². The van der Waals surface area contributed by atoms with Gasteiger partial charge in [0.2, 0.25) is 5.91 Å². The van der Waals surface area contributed by atoms with E-state index in [9.17, 15) is 4.79 Å². The average molecular weight is 323 g/mol. The molecule has 0 bridgehead atoms. The Morgan fingerprint density at radius 3 is 2.95 bits per heavy atom. The van der Waals surface area contributed by atoms with Gasteiger partial charge in [0.25, 0.3) is 0 Å². The number of nitrogens with zero attached hydrogens (tertiary/aromatic N) is 1. The van der Waals surface area contributed by atoms with E-state index < -0.39 is 0 Å². The van der Waals surface area contributed by atoms with Gasteiger partial charge in [-0.2, -0.15) is 5.10 Å². The molecule has 1 fully saturated rings. The molecule has 2 unspecified atom stereocenters. The van der Waals surface area contributed by atoms with Crippen LogP contribution >= 0.6 is 15.9 Å². The quantitative estimate of drug-likeness (QED) is 0.441. The molecular formula is C13H15BrN4O. The fourth-order valence-corrected chi connectivity index (χ4v) is 2.03. The molecule has 1 aliphatic rings.